The molecule has 294 valence electrons. The number of para-hydroxylation sites is 1. The van der Waals surface area contributed by atoms with Gasteiger partial charge < -0.3 is 34.4 Å². The van der Waals surface area contributed by atoms with Gasteiger partial charge in [0.25, 0.3) is 0 Å². The maximum Gasteiger partial charge on any atom is 0.407 e. The van der Waals surface area contributed by atoms with Crippen molar-refractivity contribution in [1.82, 2.24) is 35.7 Å². The molecule has 15 nitrogen and oxygen atoms in total. The van der Waals surface area contributed by atoms with E-state index in [2.05, 4.69) is 30.8 Å². The van der Waals surface area contributed by atoms with Gasteiger partial charge in [-0.05, 0) is 71.6 Å². The van der Waals surface area contributed by atoms with Gasteiger partial charge in [0.2, 0.25) is 23.6 Å². The minimum Gasteiger partial charge on any atom is -0.453 e. The van der Waals surface area contributed by atoms with E-state index in [1.54, 1.807) is 16.0 Å². The second kappa shape index (κ2) is 15.6. The Labute approximate surface area is 329 Å². The molecule has 3 aliphatic rings. The summed E-state index contributed by atoms with van der Waals surface area (Å²) in [6.45, 7) is 4.37. The fourth-order valence-electron chi connectivity index (χ4n) is 8.14. The van der Waals surface area contributed by atoms with E-state index in [9.17, 15) is 19.2 Å². The molecule has 1 fully saturated rings. The molecule has 57 heavy (non-hydrogen) atoms. The maximum absolute atomic E-state index is 13.9. The Kier molecular flexibility index (Phi) is 10.2. The topological polar surface area (TPSA) is 185 Å². The third-order valence-electron chi connectivity index (χ3n) is 11.1. The van der Waals surface area contributed by atoms with E-state index < -0.39 is 30.3 Å². The number of carbonyl (C=O) groups is 4. The van der Waals surface area contributed by atoms with Crippen LogP contribution in [0.1, 0.15) is 68.0 Å². The van der Waals surface area contributed by atoms with Crippen molar-refractivity contribution in [2.75, 3.05) is 25.7 Å². The number of anilines is 1. The van der Waals surface area contributed by atoms with E-state index in [0.29, 0.717) is 43.4 Å². The van der Waals surface area contributed by atoms with Crippen molar-refractivity contribution in [2.24, 2.45) is 5.92 Å². The molecule has 3 N–H and O–H groups in total. The van der Waals surface area contributed by atoms with E-state index in [1.807, 2.05) is 80.6 Å². The zero-order valence-electron chi connectivity index (χ0n) is 32.2. The standard InChI is InChI=1S/C42H44N8O7/c1-23(2)34(46-42(54)56-4)40(52)49-20-6-9-32(49)36-43-22-31(44-36)26-14-10-24(11-15-26)25-12-16-28(17-13-25)37-47-48-38(57-37)33-21-29-8-5-7-27-18-19-30(45-41(53)55-3)39(51)50(33)35(27)29/h5,7-8,10-17,22-23,30,32-34H,6,9,18-21H2,1-4H3,(H,43,44)(H,45,53)(H,46,54)/t30-,32-,33-,34-/m0/s1. The Morgan fingerprint density at radius 1 is 0.860 bits per heavy atom. The number of ether oxygens (including phenoxy) is 2. The zero-order chi connectivity index (χ0) is 39.8. The molecule has 0 aliphatic carbocycles. The SMILES string of the molecule is COC(=O)N[C@H]1CCc2cccc3c2N(C1=O)[C@H](c1nnc(-c2ccc(-c4ccc(-c5cnc([C@@H]6CCCN6C(=O)[C@@H](NC(=O)OC)C(C)C)[nH]5)cc4)cc2)o1)C3. The van der Waals surface area contributed by atoms with Gasteiger partial charge >= 0.3 is 12.2 Å². The van der Waals surface area contributed by atoms with Crippen molar-refractivity contribution < 1.29 is 33.1 Å². The van der Waals surface area contributed by atoms with E-state index in [4.69, 9.17) is 13.9 Å². The van der Waals surface area contributed by atoms with Crippen molar-refractivity contribution in [1.29, 1.82) is 0 Å². The summed E-state index contributed by atoms with van der Waals surface area (Å²) in [7, 11) is 2.56. The van der Waals surface area contributed by atoms with Crippen molar-refractivity contribution in [2.45, 2.75) is 70.1 Å². The van der Waals surface area contributed by atoms with E-state index >= 15 is 0 Å². The Morgan fingerprint density at radius 3 is 2.25 bits per heavy atom. The number of amides is 4. The number of alkyl carbamates (subject to hydrolysis) is 2. The Bertz CT molecular complexity index is 2300. The van der Waals surface area contributed by atoms with Gasteiger partial charge in [-0.15, -0.1) is 10.2 Å². The number of likely N-dealkylation sites (tertiary alicyclic amines) is 1. The van der Waals surface area contributed by atoms with Gasteiger partial charge in [0.05, 0.1) is 37.8 Å². The highest BCUT2D eigenvalue weighted by Gasteiger charge is 2.44. The molecule has 8 rings (SSSR count). The molecule has 0 radical (unpaired) electrons. The molecule has 4 amide bonds. The predicted molar refractivity (Wildman–Crippen MR) is 209 cm³/mol. The summed E-state index contributed by atoms with van der Waals surface area (Å²) in [5, 5.41) is 14.1. The highest BCUT2D eigenvalue weighted by Crippen LogP contribution is 2.45. The number of imidazole rings is 1. The number of H-pyrrole nitrogens is 1. The van der Waals surface area contributed by atoms with Crippen molar-refractivity contribution in [3.8, 4) is 33.8 Å². The molecule has 4 atom stereocenters. The molecule has 0 saturated carbocycles. The monoisotopic (exact) mass is 772 g/mol. The summed E-state index contributed by atoms with van der Waals surface area (Å²) < 4.78 is 15.8. The Hall–Kier alpha value is -6.51. The lowest BCUT2D eigenvalue weighted by Gasteiger charge is -2.30. The highest BCUT2D eigenvalue weighted by atomic mass is 16.5. The minimum absolute atomic E-state index is 0.114. The van der Waals surface area contributed by atoms with Crippen LogP contribution in [-0.2, 0) is 31.9 Å². The molecule has 15 heteroatoms. The van der Waals surface area contributed by atoms with E-state index in [1.165, 1.54) is 14.2 Å². The fourth-order valence-corrected chi connectivity index (χ4v) is 8.14. The van der Waals surface area contributed by atoms with Crippen LogP contribution >= 0.6 is 0 Å². The summed E-state index contributed by atoms with van der Waals surface area (Å²) in [6.07, 6.45) is 3.70. The third kappa shape index (κ3) is 7.20. The van der Waals surface area contributed by atoms with Crippen LogP contribution in [0.3, 0.4) is 0 Å². The first kappa shape index (κ1) is 37.4. The number of carbonyl (C=O) groups excluding carboxylic acids is 4. The lowest BCUT2D eigenvalue weighted by atomic mass is 10.0. The second-order valence-corrected chi connectivity index (χ2v) is 14.9. The van der Waals surface area contributed by atoms with Crippen LogP contribution in [0.15, 0.2) is 77.3 Å². The van der Waals surface area contributed by atoms with Crippen LogP contribution in [-0.4, -0.2) is 81.9 Å². The van der Waals surface area contributed by atoms with E-state index in [0.717, 1.165) is 57.6 Å². The molecule has 3 aliphatic heterocycles. The molecule has 0 unspecified atom stereocenters. The van der Waals surface area contributed by atoms with Crippen LogP contribution in [0.4, 0.5) is 15.3 Å². The summed E-state index contributed by atoms with van der Waals surface area (Å²) in [5.74, 6) is 0.867. The van der Waals surface area contributed by atoms with E-state index in [-0.39, 0.29) is 23.8 Å². The first-order chi connectivity index (χ1) is 27.6. The number of hydrogen-bond donors (Lipinski definition) is 3. The predicted octanol–water partition coefficient (Wildman–Crippen LogP) is 6.14. The van der Waals surface area contributed by atoms with Crippen LogP contribution < -0.4 is 15.5 Å². The molecular formula is C42H44N8O7. The van der Waals surface area contributed by atoms with Gasteiger partial charge in [-0.3, -0.25) is 14.5 Å². The summed E-state index contributed by atoms with van der Waals surface area (Å²) >= 11 is 0. The van der Waals surface area contributed by atoms with Crippen LogP contribution in [0, 0.1) is 5.92 Å². The normalized spacial score (nSPS) is 19.2. The average molecular weight is 773 g/mol. The van der Waals surface area contributed by atoms with Gasteiger partial charge in [0.15, 0.2) is 0 Å². The quantitative estimate of drug-likeness (QED) is 0.157. The van der Waals surface area contributed by atoms with Crippen LogP contribution in [0.25, 0.3) is 33.8 Å². The lowest BCUT2D eigenvalue weighted by Crippen LogP contribution is -2.51. The van der Waals surface area contributed by atoms with Gasteiger partial charge in [0.1, 0.15) is 23.9 Å². The van der Waals surface area contributed by atoms with Gasteiger partial charge in [-0.25, -0.2) is 14.6 Å². The molecular weight excluding hydrogens is 729 g/mol. The zero-order valence-corrected chi connectivity index (χ0v) is 32.2. The number of aromatic nitrogens is 4. The smallest absolute Gasteiger partial charge is 0.407 e. The molecule has 2 aromatic heterocycles. The number of methoxy groups -OCH3 is 2. The number of aromatic amines is 1. The van der Waals surface area contributed by atoms with Crippen molar-refractivity contribution in [3.05, 3.63) is 95.8 Å². The maximum atomic E-state index is 13.9. The van der Waals surface area contributed by atoms with Gasteiger partial charge in [0, 0.05) is 18.5 Å². The summed E-state index contributed by atoms with van der Waals surface area (Å²) in [6, 6.07) is 19.8. The van der Waals surface area contributed by atoms with Crippen LogP contribution in [0.2, 0.25) is 0 Å². The third-order valence-corrected chi connectivity index (χ3v) is 11.1. The van der Waals surface area contributed by atoms with Gasteiger partial charge in [-0.1, -0.05) is 68.4 Å². The van der Waals surface area contributed by atoms with Crippen molar-refractivity contribution in [3.63, 3.8) is 0 Å². The number of nitrogens with zero attached hydrogens (tertiary/aromatic N) is 5. The largest absolute Gasteiger partial charge is 0.453 e. The number of rotatable bonds is 9. The van der Waals surface area contributed by atoms with Crippen LogP contribution in [0.5, 0.6) is 0 Å². The fraction of sp³-hybridized carbons (Fsp3) is 0.357. The molecule has 3 aromatic carbocycles. The lowest BCUT2D eigenvalue weighted by molar-refractivity contribution is -0.135. The number of hydrogen-bond acceptors (Lipinski definition) is 10. The Balaban J connectivity index is 0.951. The average Bonchev–Trinajstić information content (AvgIpc) is 4.06. The molecule has 0 spiro atoms. The second-order valence-electron chi connectivity index (χ2n) is 14.9. The highest BCUT2D eigenvalue weighted by molar-refractivity contribution is 6.02. The molecule has 0 bridgehead atoms. The molecule has 5 aromatic rings. The Morgan fingerprint density at radius 2 is 1.54 bits per heavy atom. The molecule has 5 heterocycles. The number of nitrogens with one attached hydrogen (secondary N) is 3. The summed E-state index contributed by atoms with van der Waals surface area (Å²) in [5.41, 5.74) is 7.44. The first-order valence-electron chi connectivity index (χ1n) is 19.2. The molecule has 1 saturated heterocycles. The number of aryl methyl sites for hydroxylation is 1. The summed E-state index contributed by atoms with van der Waals surface area (Å²) in [4.78, 5) is 63.0. The minimum atomic E-state index is -0.749. The first-order valence-corrected chi connectivity index (χ1v) is 19.2. The van der Waals surface area contributed by atoms with Gasteiger partial charge in [-0.2, -0.15) is 0 Å². The number of benzene rings is 3. The van der Waals surface area contributed by atoms with Crippen molar-refractivity contribution >= 4 is 29.7 Å².